The number of rotatable bonds is 8. The van der Waals surface area contributed by atoms with Gasteiger partial charge in [0.15, 0.2) is 0 Å². The van der Waals surface area contributed by atoms with E-state index in [2.05, 4.69) is 43.7 Å². The van der Waals surface area contributed by atoms with Crippen LogP contribution in [0.15, 0.2) is 36.7 Å². The standard InChI is InChI=1S/C26H37N7O3/c1-21(34)29-10-12-31(13-11-29)23-6-5-22(27-16-23)17-32-14-15-33(26(32)35)20-25(36-2)19-28-8-9-30-7-3-4-24(30)18-28/h3-7,16,25H,8-15,17-20H2,1-2H3. The lowest BCUT2D eigenvalue weighted by Crippen LogP contribution is -2.48. The molecule has 3 amide bonds. The molecule has 3 aliphatic rings. The molecule has 194 valence electrons. The predicted octanol–water partition coefficient (Wildman–Crippen LogP) is 1.32. The molecule has 10 nitrogen and oxygen atoms in total. The van der Waals surface area contributed by atoms with E-state index in [-0.39, 0.29) is 18.0 Å². The molecule has 0 spiro atoms. The maximum absolute atomic E-state index is 13.1. The number of carbonyl (C=O) groups excluding carboxylic acids is 2. The van der Waals surface area contributed by atoms with E-state index in [1.165, 1.54) is 5.69 Å². The summed E-state index contributed by atoms with van der Waals surface area (Å²) < 4.78 is 8.08. The van der Waals surface area contributed by atoms with Crippen LogP contribution in [0.2, 0.25) is 0 Å². The number of ether oxygens (including phenoxy) is 1. The number of urea groups is 1. The minimum Gasteiger partial charge on any atom is -0.378 e. The summed E-state index contributed by atoms with van der Waals surface area (Å²) in [6, 6.07) is 8.40. The van der Waals surface area contributed by atoms with Gasteiger partial charge >= 0.3 is 6.03 Å². The van der Waals surface area contributed by atoms with Crippen LogP contribution in [0.5, 0.6) is 0 Å². The molecule has 0 aromatic carbocycles. The Morgan fingerprint density at radius 1 is 1.00 bits per heavy atom. The Morgan fingerprint density at radius 3 is 2.53 bits per heavy atom. The van der Waals surface area contributed by atoms with Crippen molar-refractivity contribution < 1.29 is 14.3 Å². The van der Waals surface area contributed by atoms with Gasteiger partial charge in [0, 0.05) is 97.9 Å². The summed E-state index contributed by atoms with van der Waals surface area (Å²) in [6.07, 6.45) is 4.00. The lowest BCUT2D eigenvalue weighted by molar-refractivity contribution is -0.129. The fraction of sp³-hybridized carbons (Fsp3) is 0.577. The molecule has 0 N–H and O–H groups in total. The Hall–Kier alpha value is -3.11. The van der Waals surface area contributed by atoms with Crippen LogP contribution in [-0.2, 0) is 29.2 Å². The number of fused-ring (bicyclic) bond motifs is 1. The van der Waals surface area contributed by atoms with E-state index in [9.17, 15) is 9.59 Å². The molecule has 0 aliphatic carbocycles. The zero-order chi connectivity index (χ0) is 25.1. The molecule has 5 rings (SSSR count). The molecule has 1 unspecified atom stereocenters. The first-order chi connectivity index (χ1) is 17.5. The van der Waals surface area contributed by atoms with Crippen LogP contribution in [-0.4, -0.2) is 113 Å². The van der Waals surface area contributed by atoms with Gasteiger partial charge in [0.05, 0.1) is 30.2 Å². The van der Waals surface area contributed by atoms with Crippen molar-refractivity contribution in [3.05, 3.63) is 48.0 Å². The molecule has 5 heterocycles. The zero-order valence-corrected chi connectivity index (χ0v) is 21.4. The molecule has 0 bridgehead atoms. The Balaban J connectivity index is 1.10. The summed E-state index contributed by atoms with van der Waals surface area (Å²) in [5, 5.41) is 0. The highest BCUT2D eigenvalue weighted by Crippen LogP contribution is 2.19. The highest BCUT2D eigenvalue weighted by molar-refractivity contribution is 5.76. The summed E-state index contributed by atoms with van der Waals surface area (Å²) in [4.78, 5) is 39.6. The zero-order valence-electron chi connectivity index (χ0n) is 21.4. The number of piperazine rings is 1. The van der Waals surface area contributed by atoms with Crippen LogP contribution >= 0.6 is 0 Å². The van der Waals surface area contributed by atoms with Crippen LogP contribution in [0.1, 0.15) is 18.3 Å². The predicted molar refractivity (Wildman–Crippen MR) is 137 cm³/mol. The monoisotopic (exact) mass is 495 g/mol. The Bertz CT molecular complexity index is 1050. The maximum Gasteiger partial charge on any atom is 0.320 e. The fourth-order valence-corrected chi connectivity index (χ4v) is 5.39. The van der Waals surface area contributed by atoms with Gasteiger partial charge in [-0.05, 0) is 24.3 Å². The number of pyridine rings is 1. The molecule has 0 radical (unpaired) electrons. The molecule has 0 saturated carbocycles. The van der Waals surface area contributed by atoms with Gasteiger partial charge in [0.25, 0.3) is 0 Å². The number of methoxy groups -OCH3 is 1. The average Bonchev–Trinajstić information content (AvgIpc) is 3.50. The smallest absolute Gasteiger partial charge is 0.320 e. The summed E-state index contributed by atoms with van der Waals surface area (Å²) in [5.74, 6) is 0.131. The second kappa shape index (κ2) is 10.9. The molecule has 2 fully saturated rings. The first-order valence-corrected chi connectivity index (χ1v) is 12.9. The van der Waals surface area contributed by atoms with Crippen LogP contribution in [0.3, 0.4) is 0 Å². The van der Waals surface area contributed by atoms with Gasteiger partial charge < -0.3 is 28.9 Å². The van der Waals surface area contributed by atoms with Crippen LogP contribution in [0, 0.1) is 0 Å². The molecule has 3 aliphatic heterocycles. The van der Waals surface area contributed by atoms with E-state index >= 15 is 0 Å². The quantitative estimate of drug-likeness (QED) is 0.550. The minimum atomic E-state index is -0.0173. The summed E-state index contributed by atoms with van der Waals surface area (Å²) in [5.41, 5.74) is 3.27. The number of anilines is 1. The Morgan fingerprint density at radius 2 is 1.81 bits per heavy atom. The van der Waals surface area contributed by atoms with Crippen molar-refractivity contribution in [3.63, 3.8) is 0 Å². The van der Waals surface area contributed by atoms with Gasteiger partial charge in [0.1, 0.15) is 0 Å². The van der Waals surface area contributed by atoms with E-state index in [0.717, 1.165) is 63.7 Å². The highest BCUT2D eigenvalue weighted by Gasteiger charge is 2.31. The molecule has 1 atom stereocenters. The van der Waals surface area contributed by atoms with E-state index in [1.54, 1.807) is 14.0 Å². The van der Waals surface area contributed by atoms with Gasteiger partial charge in [-0.3, -0.25) is 14.7 Å². The van der Waals surface area contributed by atoms with Crippen molar-refractivity contribution in [3.8, 4) is 0 Å². The summed E-state index contributed by atoms with van der Waals surface area (Å²) in [6.45, 7) is 11.0. The third-order valence-electron chi connectivity index (χ3n) is 7.62. The molecule has 2 aromatic heterocycles. The lowest BCUT2D eigenvalue weighted by atomic mass is 10.2. The molecule has 2 aromatic rings. The largest absolute Gasteiger partial charge is 0.378 e. The average molecular weight is 496 g/mol. The van der Waals surface area contributed by atoms with Crippen molar-refractivity contribution in [2.24, 2.45) is 0 Å². The van der Waals surface area contributed by atoms with Crippen LogP contribution in [0.25, 0.3) is 0 Å². The third-order valence-corrected chi connectivity index (χ3v) is 7.62. The number of aromatic nitrogens is 2. The molecular weight excluding hydrogens is 458 g/mol. The molecule has 2 saturated heterocycles. The third kappa shape index (κ3) is 5.49. The first kappa shape index (κ1) is 24.6. The molecular formula is C26H37N7O3. The first-order valence-electron chi connectivity index (χ1n) is 12.9. The Kier molecular flexibility index (Phi) is 7.43. The lowest BCUT2D eigenvalue weighted by Gasteiger charge is -2.35. The normalized spacial score (nSPS) is 19.7. The maximum atomic E-state index is 13.1. The molecule has 36 heavy (non-hydrogen) atoms. The van der Waals surface area contributed by atoms with Gasteiger partial charge in [-0.2, -0.15) is 0 Å². The fourth-order valence-electron chi connectivity index (χ4n) is 5.39. The second-order valence-electron chi connectivity index (χ2n) is 9.94. The van der Waals surface area contributed by atoms with Crippen molar-refractivity contribution in [2.45, 2.75) is 32.7 Å². The van der Waals surface area contributed by atoms with E-state index in [0.29, 0.717) is 26.2 Å². The van der Waals surface area contributed by atoms with E-state index in [4.69, 9.17) is 4.74 Å². The Labute approximate surface area is 213 Å². The summed E-state index contributed by atoms with van der Waals surface area (Å²) >= 11 is 0. The SMILES string of the molecule is COC(CN1CCn2cccc2C1)CN1CCN(Cc2ccc(N3CCN(C(C)=O)CC3)cn2)C1=O. The second-order valence-corrected chi connectivity index (χ2v) is 9.94. The van der Waals surface area contributed by atoms with Crippen LogP contribution in [0.4, 0.5) is 10.5 Å². The van der Waals surface area contributed by atoms with Crippen molar-refractivity contribution in [1.82, 2.24) is 29.2 Å². The number of hydrogen-bond donors (Lipinski definition) is 0. The molecule has 10 heteroatoms. The van der Waals surface area contributed by atoms with Crippen molar-refractivity contribution in [2.75, 3.05) is 70.9 Å². The topological polar surface area (TPSA) is 77.4 Å². The van der Waals surface area contributed by atoms with Gasteiger partial charge in [-0.15, -0.1) is 0 Å². The van der Waals surface area contributed by atoms with E-state index < -0.39 is 0 Å². The minimum absolute atomic E-state index is 0.0173. The highest BCUT2D eigenvalue weighted by atomic mass is 16.5. The number of carbonyl (C=O) groups is 2. The summed E-state index contributed by atoms with van der Waals surface area (Å²) in [7, 11) is 1.74. The van der Waals surface area contributed by atoms with E-state index in [1.807, 2.05) is 27.0 Å². The number of nitrogens with zero attached hydrogens (tertiary/aromatic N) is 7. The van der Waals surface area contributed by atoms with Gasteiger partial charge in [-0.1, -0.05) is 0 Å². The van der Waals surface area contributed by atoms with Gasteiger partial charge in [-0.25, -0.2) is 4.79 Å². The van der Waals surface area contributed by atoms with Crippen molar-refractivity contribution in [1.29, 1.82) is 0 Å². The van der Waals surface area contributed by atoms with Crippen molar-refractivity contribution >= 4 is 17.6 Å². The van der Waals surface area contributed by atoms with Gasteiger partial charge in [0.2, 0.25) is 5.91 Å². The number of amides is 3. The van der Waals surface area contributed by atoms with Crippen LogP contribution < -0.4 is 4.90 Å². The number of hydrogen-bond acceptors (Lipinski definition) is 6.